The molecule has 0 radical (unpaired) electrons. The molecule has 1 heterocycles. The van der Waals surface area contributed by atoms with Crippen molar-refractivity contribution in [1.82, 2.24) is 4.98 Å². The second kappa shape index (κ2) is 4.53. The third-order valence-electron chi connectivity index (χ3n) is 3.72. The molecule has 0 aliphatic heterocycles. The van der Waals surface area contributed by atoms with Crippen LogP contribution in [0.15, 0.2) is 42.5 Å². The predicted molar refractivity (Wildman–Crippen MR) is 80.2 cm³/mol. The summed E-state index contributed by atoms with van der Waals surface area (Å²) in [6.07, 6.45) is 0. The molecule has 0 spiro atoms. The molecule has 0 aliphatic rings. The van der Waals surface area contributed by atoms with Gasteiger partial charge in [-0.2, -0.15) is 0 Å². The summed E-state index contributed by atoms with van der Waals surface area (Å²) in [5.41, 5.74) is 5.14. The molecule has 20 heavy (non-hydrogen) atoms. The zero-order valence-electron chi connectivity index (χ0n) is 11.4. The van der Waals surface area contributed by atoms with Gasteiger partial charge in [0, 0.05) is 16.5 Å². The van der Waals surface area contributed by atoms with Crippen LogP contribution in [0.25, 0.3) is 22.0 Å². The van der Waals surface area contributed by atoms with Crippen LogP contribution in [0.5, 0.6) is 0 Å². The van der Waals surface area contributed by atoms with Crippen LogP contribution < -0.4 is 0 Å². The van der Waals surface area contributed by atoms with Crippen molar-refractivity contribution in [3.63, 3.8) is 0 Å². The van der Waals surface area contributed by atoms with Gasteiger partial charge in [-0.15, -0.1) is 0 Å². The highest BCUT2D eigenvalue weighted by molar-refractivity contribution is 6.07. The zero-order chi connectivity index (χ0) is 14.3. The van der Waals surface area contributed by atoms with E-state index in [1.807, 2.05) is 56.3 Å². The van der Waals surface area contributed by atoms with Crippen molar-refractivity contribution in [2.45, 2.75) is 13.8 Å². The molecular formula is C17H15NO2. The van der Waals surface area contributed by atoms with E-state index in [9.17, 15) is 9.90 Å². The monoisotopic (exact) mass is 265 g/mol. The smallest absolute Gasteiger partial charge is 0.352 e. The van der Waals surface area contributed by atoms with Gasteiger partial charge >= 0.3 is 5.97 Å². The van der Waals surface area contributed by atoms with Gasteiger partial charge in [0.1, 0.15) is 5.69 Å². The fraction of sp³-hybridized carbons (Fsp3) is 0.118. The number of aromatic nitrogens is 1. The van der Waals surface area contributed by atoms with Crippen LogP contribution in [0.2, 0.25) is 0 Å². The molecule has 2 aromatic carbocycles. The number of nitrogens with one attached hydrogen (secondary N) is 1. The Morgan fingerprint density at radius 2 is 1.80 bits per heavy atom. The molecule has 2 N–H and O–H groups in total. The molecule has 3 aromatic rings. The first-order valence-electron chi connectivity index (χ1n) is 6.49. The number of carboxylic acids is 1. The second-order valence-electron chi connectivity index (χ2n) is 5.02. The van der Waals surface area contributed by atoms with Crippen molar-refractivity contribution < 1.29 is 9.90 Å². The van der Waals surface area contributed by atoms with Crippen LogP contribution in [-0.2, 0) is 0 Å². The lowest BCUT2D eigenvalue weighted by atomic mass is 9.98. The highest BCUT2D eigenvalue weighted by Crippen LogP contribution is 2.33. The molecule has 0 unspecified atom stereocenters. The summed E-state index contributed by atoms with van der Waals surface area (Å²) in [6, 6.07) is 13.7. The Morgan fingerprint density at radius 3 is 2.50 bits per heavy atom. The second-order valence-corrected chi connectivity index (χ2v) is 5.02. The molecule has 0 fully saturated rings. The van der Waals surface area contributed by atoms with Gasteiger partial charge in [-0.05, 0) is 36.6 Å². The lowest BCUT2D eigenvalue weighted by Crippen LogP contribution is -1.99. The number of hydrogen-bond acceptors (Lipinski definition) is 1. The van der Waals surface area contributed by atoms with Crippen molar-refractivity contribution in [2.24, 2.45) is 0 Å². The summed E-state index contributed by atoms with van der Waals surface area (Å²) < 4.78 is 0. The lowest BCUT2D eigenvalue weighted by Gasteiger charge is -2.06. The van der Waals surface area contributed by atoms with E-state index in [1.165, 1.54) is 5.56 Å². The number of aryl methyl sites for hydroxylation is 2. The standard InChI is InChI=1S/C17H15NO2/c1-10-7-8-12(9-11(10)2)15-13-5-3-4-6-14(13)18-16(15)17(19)20/h3-9,18H,1-2H3,(H,19,20). The van der Waals surface area contributed by atoms with Gasteiger partial charge in [0.05, 0.1) is 0 Å². The number of carbonyl (C=O) groups is 1. The van der Waals surface area contributed by atoms with E-state index in [-0.39, 0.29) is 5.69 Å². The van der Waals surface area contributed by atoms with Gasteiger partial charge in [-0.1, -0.05) is 36.4 Å². The number of carboxylic acid groups (broad SMARTS) is 1. The van der Waals surface area contributed by atoms with Crippen LogP contribution in [0.3, 0.4) is 0 Å². The van der Waals surface area contributed by atoms with Crippen LogP contribution in [0.1, 0.15) is 21.6 Å². The molecule has 100 valence electrons. The summed E-state index contributed by atoms with van der Waals surface area (Å²) in [5.74, 6) is -0.936. The van der Waals surface area contributed by atoms with Crippen molar-refractivity contribution in [3.8, 4) is 11.1 Å². The topological polar surface area (TPSA) is 53.1 Å². The molecule has 0 amide bonds. The molecule has 3 heteroatoms. The molecule has 3 rings (SSSR count). The van der Waals surface area contributed by atoms with Crippen LogP contribution in [0, 0.1) is 13.8 Å². The average molecular weight is 265 g/mol. The molecule has 3 nitrogen and oxygen atoms in total. The quantitative estimate of drug-likeness (QED) is 0.731. The summed E-state index contributed by atoms with van der Waals surface area (Å²) in [6.45, 7) is 4.08. The number of benzene rings is 2. The van der Waals surface area contributed by atoms with E-state index in [0.717, 1.165) is 27.6 Å². The van der Waals surface area contributed by atoms with Crippen molar-refractivity contribution in [2.75, 3.05) is 0 Å². The normalized spacial score (nSPS) is 10.9. The first-order valence-corrected chi connectivity index (χ1v) is 6.49. The maximum atomic E-state index is 11.5. The SMILES string of the molecule is Cc1ccc(-c2c(C(=O)O)[nH]c3ccccc23)cc1C. The summed E-state index contributed by atoms with van der Waals surface area (Å²) in [5, 5.41) is 10.4. The van der Waals surface area contributed by atoms with Crippen LogP contribution in [0.4, 0.5) is 0 Å². The molecule has 0 bridgehead atoms. The molecule has 1 aromatic heterocycles. The number of para-hydroxylation sites is 1. The first kappa shape index (κ1) is 12.5. The number of aromatic carboxylic acids is 1. The Balaban J connectivity index is 2.35. The van der Waals surface area contributed by atoms with Crippen LogP contribution >= 0.6 is 0 Å². The Bertz CT molecular complexity index is 815. The molecule has 0 aliphatic carbocycles. The maximum Gasteiger partial charge on any atom is 0.352 e. The Morgan fingerprint density at radius 1 is 1.05 bits per heavy atom. The third kappa shape index (κ3) is 1.88. The zero-order valence-corrected chi connectivity index (χ0v) is 11.4. The first-order chi connectivity index (χ1) is 9.58. The van der Waals surface area contributed by atoms with E-state index < -0.39 is 5.97 Å². The van der Waals surface area contributed by atoms with E-state index in [2.05, 4.69) is 4.98 Å². The molecule has 0 saturated heterocycles. The van der Waals surface area contributed by atoms with E-state index in [0.29, 0.717) is 0 Å². The van der Waals surface area contributed by atoms with Gasteiger partial charge in [0.25, 0.3) is 0 Å². The minimum absolute atomic E-state index is 0.245. The number of fused-ring (bicyclic) bond motifs is 1. The summed E-state index contributed by atoms with van der Waals surface area (Å²) in [4.78, 5) is 14.5. The number of aromatic amines is 1. The Labute approximate surface area is 116 Å². The minimum Gasteiger partial charge on any atom is -0.477 e. The summed E-state index contributed by atoms with van der Waals surface area (Å²) in [7, 11) is 0. The van der Waals surface area contributed by atoms with Crippen molar-refractivity contribution in [3.05, 3.63) is 59.3 Å². The highest BCUT2D eigenvalue weighted by Gasteiger charge is 2.18. The largest absolute Gasteiger partial charge is 0.477 e. The summed E-state index contributed by atoms with van der Waals surface area (Å²) >= 11 is 0. The predicted octanol–water partition coefficient (Wildman–Crippen LogP) is 4.15. The van der Waals surface area contributed by atoms with E-state index in [4.69, 9.17) is 0 Å². The molecular weight excluding hydrogens is 250 g/mol. The average Bonchev–Trinajstić information content (AvgIpc) is 2.81. The number of hydrogen-bond donors (Lipinski definition) is 2. The Hall–Kier alpha value is -2.55. The third-order valence-corrected chi connectivity index (χ3v) is 3.72. The van der Waals surface area contributed by atoms with Gasteiger partial charge < -0.3 is 10.1 Å². The van der Waals surface area contributed by atoms with Gasteiger partial charge in [0.2, 0.25) is 0 Å². The number of rotatable bonds is 2. The maximum absolute atomic E-state index is 11.5. The molecule has 0 atom stereocenters. The van der Waals surface area contributed by atoms with Crippen LogP contribution in [-0.4, -0.2) is 16.1 Å². The minimum atomic E-state index is -0.936. The van der Waals surface area contributed by atoms with Gasteiger partial charge in [0.15, 0.2) is 0 Å². The fourth-order valence-corrected chi connectivity index (χ4v) is 2.50. The van der Waals surface area contributed by atoms with Crippen molar-refractivity contribution >= 4 is 16.9 Å². The fourth-order valence-electron chi connectivity index (χ4n) is 2.50. The number of H-pyrrole nitrogens is 1. The van der Waals surface area contributed by atoms with E-state index >= 15 is 0 Å². The van der Waals surface area contributed by atoms with E-state index in [1.54, 1.807) is 0 Å². The van der Waals surface area contributed by atoms with Crippen molar-refractivity contribution in [1.29, 1.82) is 0 Å². The highest BCUT2D eigenvalue weighted by atomic mass is 16.4. The van der Waals surface area contributed by atoms with Gasteiger partial charge in [-0.25, -0.2) is 4.79 Å². The molecule has 0 saturated carbocycles. The lowest BCUT2D eigenvalue weighted by molar-refractivity contribution is 0.0692. The van der Waals surface area contributed by atoms with Gasteiger partial charge in [-0.3, -0.25) is 0 Å². The Kier molecular flexibility index (Phi) is 2.83.